The summed E-state index contributed by atoms with van der Waals surface area (Å²) in [6, 6.07) is 12.2. The number of carbonyl (C=O) groups excluding carboxylic acids is 4. The third-order valence-corrected chi connectivity index (χ3v) is 14.2. The molecule has 5 aliphatic rings. The predicted octanol–water partition coefficient (Wildman–Crippen LogP) is 4.67. The lowest BCUT2D eigenvalue weighted by Gasteiger charge is -2.38. The van der Waals surface area contributed by atoms with Crippen LogP contribution in [0.15, 0.2) is 65.8 Å². The van der Waals surface area contributed by atoms with Gasteiger partial charge in [0.2, 0.25) is 11.8 Å². The van der Waals surface area contributed by atoms with Gasteiger partial charge in [-0.05, 0) is 91.6 Å². The molecule has 8 heterocycles. The summed E-state index contributed by atoms with van der Waals surface area (Å²) in [5.41, 5.74) is 7.01. The summed E-state index contributed by atoms with van der Waals surface area (Å²) in [4.78, 5) is 81.6. The van der Waals surface area contributed by atoms with E-state index in [9.17, 15) is 29.1 Å². The number of fused-ring (bicyclic) bond motifs is 4. The minimum absolute atomic E-state index is 0.00685. The average Bonchev–Trinajstić information content (AvgIpc) is 3.93. The van der Waals surface area contributed by atoms with Crippen molar-refractivity contribution in [3.63, 3.8) is 0 Å². The second kappa shape index (κ2) is 16.6. The largest absolute Gasteiger partial charge is 0.392 e. The van der Waals surface area contributed by atoms with Gasteiger partial charge in [0.25, 0.3) is 17.4 Å². The molecule has 0 bridgehead atoms. The summed E-state index contributed by atoms with van der Waals surface area (Å²) >= 11 is 0. The number of anilines is 4. The van der Waals surface area contributed by atoms with Gasteiger partial charge >= 0.3 is 0 Å². The zero-order valence-corrected chi connectivity index (χ0v) is 37.6. The molecule has 0 saturated carbocycles. The van der Waals surface area contributed by atoms with E-state index < -0.39 is 23.7 Å². The van der Waals surface area contributed by atoms with Crippen LogP contribution in [0.2, 0.25) is 0 Å². The Bertz CT molecular complexity index is 2880. The number of rotatable bonds is 10. The number of aromatic nitrogens is 4. The quantitative estimate of drug-likeness (QED) is 0.166. The molecule has 2 saturated heterocycles. The molecular weight excluding hydrogens is 844 g/mol. The van der Waals surface area contributed by atoms with Crippen molar-refractivity contribution in [1.29, 1.82) is 0 Å². The lowest BCUT2D eigenvalue weighted by atomic mass is 9.90. The number of pyridine rings is 3. The second-order valence-electron chi connectivity index (χ2n) is 19.1. The highest BCUT2D eigenvalue weighted by Gasteiger charge is 2.42. The van der Waals surface area contributed by atoms with Gasteiger partial charge in [-0.25, -0.2) is 14.4 Å². The third kappa shape index (κ3) is 7.62. The first-order chi connectivity index (χ1) is 31.7. The minimum Gasteiger partial charge on any atom is -0.392 e. The molecule has 66 heavy (non-hydrogen) atoms. The highest BCUT2D eigenvalue weighted by atomic mass is 19.1. The third-order valence-electron chi connectivity index (χ3n) is 14.2. The number of halogens is 1. The maximum Gasteiger partial charge on any atom is 0.276 e. The molecule has 10 rings (SSSR count). The van der Waals surface area contributed by atoms with Crippen LogP contribution in [0, 0.1) is 11.2 Å². The van der Waals surface area contributed by atoms with Gasteiger partial charge in [0.05, 0.1) is 24.1 Å². The Morgan fingerprint density at radius 2 is 1.74 bits per heavy atom. The molecule has 0 spiro atoms. The first-order valence-electron chi connectivity index (χ1n) is 22.6. The van der Waals surface area contributed by atoms with Crippen molar-refractivity contribution in [3.8, 4) is 11.1 Å². The number of piperidine rings is 2. The maximum atomic E-state index is 15.9. The lowest BCUT2D eigenvalue weighted by molar-refractivity contribution is -0.136. The van der Waals surface area contributed by atoms with Crippen molar-refractivity contribution in [1.82, 2.24) is 34.2 Å². The van der Waals surface area contributed by atoms with Crippen molar-refractivity contribution >= 4 is 46.6 Å². The summed E-state index contributed by atoms with van der Waals surface area (Å²) in [5, 5.41) is 16.3. The van der Waals surface area contributed by atoms with Gasteiger partial charge in [0, 0.05) is 93.6 Å². The van der Waals surface area contributed by atoms with Gasteiger partial charge in [-0.1, -0.05) is 26.0 Å². The van der Waals surface area contributed by atoms with E-state index >= 15 is 4.39 Å². The van der Waals surface area contributed by atoms with Crippen LogP contribution in [-0.2, 0) is 55.7 Å². The number of hydrogen-bond acceptors (Lipinski definition) is 11. The van der Waals surface area contributed by atoms with Gasteiger partial charge in [-0.3, -0.25) is 39.1 Å². The molecule has 1 aromatic carbocycles. The van der Waals surface area contributed by atoms with Crippen LogP contribution in [0.5, 0.6) is 0 Å². The highest BCUT2D eigenvalue weighted by Crippen LogP contribution is 2.40. The number of amides is 4. The van der Waals surface area contributed by atoms with Crippen LogP contribution in [0.1, 0.15) is 88.3 Å². The van der Waals surface area contributed by atoms with E-state index in [1.807, 2.05) is 25.2 Å². The van der Waals surface area contributed by atoms with E-state index in [2.05, 4.69) is 48.8 Å². The molecule has 4 aliphatic heterocycles. The zero-order chi connectivity index (χ0) is 46.2. The fourth-order valence-electron chi connectivity index (χ4n) is 10.7. The molecular formula is C49H53FN10O6. The number of hydrogen-bond donors (Lipinski definition) is 3. The number of nitrogens with one attached hydrogen (secondary N) is 2. The number of aliphatic hydroxyl groups is 1. The zero-order valence-electron chi connectivity index (χ0n) is 37.6. The molecule has 4 amide bonds. The Hall–Kier alpha value is -6.72. The normalized spacial score (nSPS) is 19.4. The summed E-state index contributed by atoms with van der Waals surface area (Å²) in [6.45, 7) is 7.14. The molecule has 1 atom stereocenters. The molecule has 1 unspecified atom stereocenters. The Morgan fingerprint density at radius 3 is 2.48 bits per heavy atom. The smallest absolute Gasteiger partial charge is 0.276 e. The topological polar surface area (TPSA) is 178 Å². The summed E-state index contributed by atoms with van der Waals surface area (Å²) < 4.78 is 19.6. The van der Waals surface area contributed by atoms with E-state index in [1.165, 1.54) is 20.7 Å². The molecule has 17 heteroatoms. The number of benzene rings is 1. The van der Waals surface area contributed by atoms with Crippen LogP contribution in [-0.4, -0.2) is 96.4 Å². The molecule has 342 valence electrons. The van der Waals surface area contributed by atoms with Gasteiger partial charge < -0.3 is 29.4 Å². The van der Waals surface area contributed by atoms with Gasteiger partial charge in [-0.2, -0.15) is 0 Å². The Kier molecular flexibility index (Phi) is 10.9. The van der Waals surface area contributed by atoms with Crippen LogP contribution < -0.4 is 26.0 Å². The summed E-state index contributed by atoms with van der Waals surface area (Å²) in [7, 11) is 3.63. The van der Waals surface area contributed by atoms with Crippen LogP contribution >= 0.6 is 0 Å². The molecule has 1 aliphatic carbocycles. The van der Waals surface area contributed by atoms with E-state index in [-0.39, 0.29) is 60.4 Å². The van der Waals surface area contributed by atoms with Crippen molar-refractivity contribution in [3.05, 3.63) is 116 Å². The highest BCUT2D eigenvalue weighted by molar-refractivity contribution is 6.07. The van der Waals surface area contributed by atoms with Crippen molar-refractivity contribution < 1.29 is 28.7 Å². The van der Waals surface area contributed by atoms with Gasteiger partial charge in [0.1, 0.15) is 34.9 Å². The van der Waals surface area contributed by atoms with E-state index in [0.717, 1.165) is 44.5 Å². The predicted molar refractivity (Wildman–Crippen MR) is 245 cm³/mol. The molecule has 16 nitrogen and oxygen atoms in total. The molecule has 4 aromatic heterocycles. The standard InChI is InChI=1S/C49H53FN10O6/c1-49(2)21-30-20-38-47(65)59(18-17-58(38)39(30)22-49)44-35(27-61)34(11-14-51-44)31-19-36(46(64)56(4)25-31)53-40-9-7-33(23-52-40)57-15-12-32(13-16-57)55(3)24-29-6-5-28-26-60(48(66)42(28)43(29)50)37-8-10-41(62)54-45(37)63/h5-7,9,11,14,19-20,23,25,32,37,61H,8,10,12-13,15-18,21-22,24,26-27H2,1-4H3,(H,52,53)(H,54,62,63). The van der Waals surface area contributed by atoms with Crippen LogP contribution in [0.4, 0.5) is 27.4 Å². The molecule has 0 radical (unpaired) electrons. The molecule has 2 fully saturated rings. The number of aliphatic hydroxyl groups excluding tert-OH is 1. The Labute approximate surface area is 381 Å². The number of nitrogens with zero attached hydrogens (tertiary/aromatic N) is 8. The average molecular weight is 897 g/mol. The minimum atomic E-state index is -0.800. The SMILES string of the molecule is CN(Cc1ccc2c(c1F)C(=O)N(C1CCC(=O)NC1=O)C2)C1CCN(c2ccc(Nc3cc(-c4ccnc(N5CCn6c(cc7c6CC(C)(C)C7)C5=O)c4CO)cn(C)c3=O)nc2)CC1. The van der Waals surface area contributed by atoms with Crippen LogP contribution in [0.3, 0.4) is 0 Å². The molecule has 5 aromatic rings. The number of carbonyl (C=O) groups is 4. The summed E-state index contributed by atoms with van der Waals surface area (Å²) in [6.07, 6.45) is 8.97. The van der Waals surface area contributed by atoms with Gasteiger partial charge in [0.15, 0.2) is 0 Å². The van der Waals surface area contributed by atoms with Crippen LogP contribution in [0.25, 0.3) is 11.1 Å². The van der Waals surface area contributed by atoms with Crippen molar-refractivity contribution in [2.75, 3.05) is 41.8 Å². The van der Waals surface area contributed by atoms with E-state index in [1.54, 1.807) is 54.8 Å². The fraction of sp³-hybridized carbons (Fsp3) is 0.408. The van der Waals surface area contributed by atoms with Crippen molar-refractivity contribution in [2.45, 2.75) is 90.7 Å². The fourth-order valence-corrected chi connectivity index (χ4v) is 10.7. The van der Waals surface area contributed by atoms with E-state index in [4.69, 9.17) is 0 Å². The monoisotopic (exact) mass is 896 g/mol. The number of aryl methyl sites for hydroxylation is 1. The van der Waals surface area contributed by atoms with E-state index in [0.29, 0.717) is 70.5 Å². The first kappa shape index (κ1) is 43.2. The second-order valence-corrected chi connectivity index (χ2v) is 19.1. The summed E-state index contributed by atoms with van der Waals surface area (Å²) in [5.74, 6) is -1.24. The lowest BCUT2D eigenvalue weighted by Crippen LogP contribution is -2.52. The van der Waals surface area contributed by atoms with Gasteiger partial charge in [-0.15, -0.1) is 0 Å². The van der Waals surface area contributed by atoms with Crippen molar-refractivity contribution in [2.24, 2.45) is 12.5 Å². The first-order valence-corrected chi connectivity index (χ1v) is 22.6. The Morgan fingerprint density at radius 1 is 0.939 bits per heavy atom. The Balaban J connectivity index is 0.782. The number of imide groups is 1. The maximum absolute atomic E-state index is 15.9. The molecule has 3 N–H and O–H groups in total.